The van der Waals surface area contributed by atoms with Gasteiger partial charge in [0.2, 0.25) is 10.0 Å². The zero-order chi connectivity index (χ0) is 22.1. The van der Waals surface area contributed by atoms with Gasteiger partial charge in [0.15, 0.2) is 0 Å². The smallest absolute Gasteiger partial charge is 0.251 e. The maximum absolute atomic E-state index is 12.6. The molecule has 0 aliphatic rings. The molecular weight excluding hydrogens is 408 g/mol. The SMILES string of the molecule is C#CCNS(=O)(=O)c1cccc(C(=O)NCCC(c2ccccc2)c2ccccc2)c1. The number of benzene rings is 3. The Bertz CT molecular complexity index is 1110. The summed E-state index contributed by atoms with van der Waals surface area (Å²) in [5, 5.41) is 2.90. The molecule has 3 aromatic rings. The van der Waals surface area contributed by atoms with Crippen molar-refractivity contribution in [1.82, 2.24) is 10.0 Å². The molecule has 0 unspecified atom stereocenters. The lowest BCUT2D eigenvalue weighted by Gasteiger charge is -2.18. The minimum Gasteiger partial charge on any atom is -0.352 e. The van der Waals surface area contributed by atoms with E-state index in [1.807, 2.05) is 36.4 Å². The summed E-state index contributed by atoms with van der Waals surface area (Å²) in [6.45, 7) is 0.332. The summed E-state index contributed by atoms with van der Waals surface area (Å²) in [4.78, 5) is 12.6. The topological polar surface area (TPSA) is 75.3 Å². The minimum atomic E-state index is -3.76. The molecule has 2 N–H and O–H groups in total. The minimum absolute atomic E-state index is 0.00171. The van der Waals surface area contributed by atoms with Gasteiger partial charge in [-0.05, 0) is 35.7 Å². The van der Waals surface area contributed by atoms with E-state index in [1.165, 1.54) is 29.3 Å². The lowest BCUT2D eigenvalue weighted by molar-refractivity contribution is 0.0952. The largest absolute Gasteiger partial charge is 0.352 e. The van der Waals surface area contributed by atoms with Gasteiger partial charge >= 0.3 is 0 Å². The van der Waals surface area contributed by atoms with Gasteiger partial charge in [-0.1, -0.05) is 72.7 Å². The van der Waals surface area contributed by atoms with E-state index in [0.717, 1.165) is 0 Å². The molecule has 5 nitrogen and oxygen atoms in total. The molecule has 0 saturated heterocycles. The van der Waals surface area contributed by atoms with E-state index in [4.69, 9.17) is 6.42 Å². The molecule has 3 rings (SSSR count). The Balaban J connectivity index is 1.69. The number of hydrogen-bond acceptors (Lipinski definition) is 3. The number of carbonyl (C=O) groups is 1. The molecule has 158 valence electrons. The van der Waals surface area contributed by atoms with Gasteiger partial charge in [-0.2, -0.15) is 4.72 Å². The van der Waals surface area contributed by atoms with Crippen LogP contribution in [0.15, 0.2) is 89.8 Å². The average molecular weight is 433 g/mol. The number of rotatable bonds is 9. The predicted octanol–water partition coefficient (Wildman–Crippen LogP) is 3.55. The van der Waals surface area contributed by atoms with Crippen molar-refractivity contribution < 1.29 is 13.2 Å². The van der Waals surface area contributed by atoms with Crippen LogP contribution in [0, 0.1) is 12.3 Å². The van der Waals surface area contributed by atoms with Crippen molar-refractivity contribution in [2.24, 2.45) is 0 Å². The third-order valence-electron chi connectivity index (χ3n) is 4.89. The van der Waals surface area contributed by atoms with Crippen LogP contribution in [0.3, 0.4) is 0 Å². The molecular formula is C25H24N2O3S. The maximum Gasteiger partial charge on any atom is 0.251 e. The van der Waals surface area contributed by atoms with E-state index in [2.05, 4.69) is 40.2 Å². The highest BCUT2D eigenvalue weighted by atomic mass is 32.2. The average Bonchev–Trinajstić information content (AvgIpc) is 2.81. The van der Waals surface area contributed by atoms with Crippen molar-refractivity contribution in [2.75, 3.05) is 13.1 Å². The van der Waals surface area contributed by atoms with Crippen LogP contribution in [0.2, 0.25) is 0 Å². The predicted molar refractivity (Wildman–Crippen MR) is 122 cm³/mol. The highest BCUT2D eigenvalue weighted by Crippen LogP contribution is 2.27. The van der Waals surface area contributed by atoms with Crippen LogP contribution in [0.4, 0.5) is 0 Å². The first-order valence-corrected chi connectivity index (χ1v) is 11.4. The van der Waals surface area contributed by atoms with Gasteiger partial charge in [0, 0.05) is 18.0 Å². The van der Waals surface area contributed by atoms with Gasteiger partial charge in [-0.3, -0.25) is 4.79 Å². The van der Waals surface area contributed by atoms with Crippen LogP contribution >= 0.6 is 0 Å². The zero-order valence-electron chi connectivity index (χ0n) is 17.0. The summed E-state index contributed by atoms with van der Waals surface area (Å²) in [5.41, 5.74) is 2.63. The Hall–Kier alpha value is -3.40. The molecule has 0 bridgehead atoms. The Kier molecular flexibility index (Phi) is 7.60. The number of amides is 1. The lowest BCUT2D eigenvalue weighted by atomic mass is 9.88. The van der Waals surface area contributed by atoms with Crippen LogP contribution in [0.5, 0.6) is 0 Å². The number of terminal acetylenes is 1. The van der Waals surface area contributed by atoms with Crippen molar-refractivity contribution in [2.45, 2.75) is 17.2 Å². The summed E-state index contributed by atoms with van der Waals surface area (Å²) in [5.74, 6) is 2.04. The van der Waals surface area contributed by atoms with Crippen molar-refractivity contribution >= 4 is 15.9 Å². The van der Waals surface area contributed by atoms with E-state index in [0.29, 0.717) is 13.0 Å². The molecule has 0 aromatic heterocycles. The van der Waals surface area contributed by atoms with Crippen LogP contribution in [0.1, 0.15) is 33.8 Å². The van der Waals surface area contributed by atoms with Gasteiger partial charge in [0.25, 0.3) is 5.91 Å². The molecule has 3 aromatic carbocycles. The maximum atomic E-state index is 12.6. The fourth-order valence-electron chi connectivity index (χ4n) is 3.35. The number of nitrogens with one attached hydrogen (secondary N) is 2. The molecule has 0 atom stereocenters. The standard InChI is InChI=1S/C25H24N2O3S/c1-2-17-27-31(29,30)23-15-9-14-22(19-23)25(28)26-18-16-24(20-10-5-3-6-11-20)21-12-7-4-8-13-21/h1,3-15,19,24,27H,16-18H2,(H,26,28). The van der Waals surface area contributed by atoms with Crippen molar-refractivity contribution in [3.8, 4) is 12.3 Å². The van der Waals surface area contributed by atoms with Crippen molar-refractivity contribution in [1.29, 1.82) is 0 Å². The summed E-state index contributed by atoms with van der Waals surface area (Å²) in [6.07, 6.45) is 5.82. The first kappa shape index (κ1) is 22.3. The van der Waals surface area contributed by atoms with Crippen molar-refractivity contribution in [3.63, 3.8) is 0 Å². The van der Waals surface area contributed by atoms with E-state index in [1.54, 1.807) is 6.07 Å². The molecule has 0 saturated carbocycles. The molecule has 1 amide bonds. The summed E-state index contributed by atoms with van der Waals surface area (Å²) in [7, 11) is -3.76. The second-order valence-electron chi connectivity index (χ2n) is 6.98. The third kappa shape index (κ3) is 6.05. The Morgan fingerprint density at radius 2 is 1.52 bits per heavy atom. The van der Waals surface area contributed by atoms with E-state index in [-0.39, 0.29) is 28.8 Å². The Labute approximate surface area is 183 Å². The number of hydrogen-bond donors (Lipinski definition) is 2. The first-order chi connectivity index (χ1) is 15.0. The molecule has 0 fully saturated rings. The quantitative estimate of drug-likeness (QED) is 0.508. The third-order valence-corrected chi connectivity index (χ3v) is 6.29. The Morgan fingerprint density at radius 1 is 0.903 bits per heavy atom. The van der Waals surface area contributed by atoms with Crippen molar-refractivity contribution in [3.05, 3.63) is 102 Å². The second-order valence-corrected chi connectivity index (χ2v) is 8.74. The van der Waals surface area contributed by atoms with E-state index in [9.17, 15) is 13.2 Å². The zero-order valence-corrected chi connectivity index (χ0v) is 17.8. The van der Waals surface area contributed by atoms with Gasteiger partial charge < -0.3 is 5.32 Å². The van der Waals surface area contributed by atoms with Crippen LogP contribution < -0.4 is 10.0 Å². The highest BCUT2D eigenvalue weighted by Gasteiger charge is 2.17. The summed E-state index contributed by atoms with van der Waals surface area (Å²) >= 11 is 0. The Morgan fingerprint density at radius 3 is 2.10 bits per heavy atom. The second kappa shape index (κ2) is 10.6. The van der Waals surface area contributed by atoms with Gasteiger partial charge in [-0.15, -0.1) is 6.42 Å². The lowest BCUT2D eigenvalue weighted by Crippen LogP contribution is -2.27. The summed E-state index contributed by atoms with van der Waals surface area (Å²) in [6, 6.07) is 26.2. The highest BCUT2D eigenvalue weighted by molar-refractivity contribution is 7.89. The van der Waals surface area contributed by atoms with Crippen LogP contribution in [-0.2, 0) is 10.0 Å². The fourth-order valence-corrected chi connectivity index (χ4v) is 4.33. The normalized spacial score (nSPS) is 11.1. The summed E-state index contributed by atoms with van der Waals surface area (Å²) < 4.78 is 26.8. The number of carbonyl (C=O) groups excluding carboxylic acids is 1. The van der Waals surface area contributed by atoms with Gasteiger partial charge in [0.05, 0.1) is 11.4 Å². The van der Waals surface area contributed by atoms with Gasteiger partial charge in [-0.25, -0.2) is 8.42 Å². The van der Waals surface area contributed by atoms with Crippen LogP contribution in [-0.4, -0.2) is 27.4 Å². The first-order valence-electron chi connectivity index (χ1n) is 9.92. The molecule has 0 aliphatic heterocycles. The van der Waals surface area contributed by atoms with Crippen LogP contribution in [0.25, 0.3) is 0 Å². The van der Waals surface area contributed by atoms with E-state index >= 15 is 0 Å². The molecule has 0 aliphatic carbocycles. The molecule has 0 heterocycles. The molecule has 31 heavy (non-hydrogen) atoms. The fraction of sp³-hybridized carbons (Fsp3) is 0.160. The van der Waals surface area contributed by atoms with E-state index < -0.39 is 10.0 Å². The molecule has 0 spiro atoms. The molecule has 6 heteroatoms. The molecule has 0 radical (unpaired) electrons. The van der Waals surface area contributed by atoms with Gasteiger partial charge in [0.1, 0.15) is 0 Å². The number of sulfonamides is 1. The monoisotopic (exact) mass is 432 g/mol.